The molecule has 120 valence electrons. The second kappa shape index (κ2) is 6.89. The number of aromatic nitrogens is 3. The first kappa shape index (κ1) is 15.6. The van der Waals surface area contributed by atoms with Gasteiger partial charge in [0.25, 0.3) is 0 Å². The first-order valence-corrected chi connectivity index (χ1v) is 7.33. The van der Waals surface area contributed by atoms with Gasteiger partial charge in [0.15, 0.2) is 6.29 Å². The SMILES string of the molecule is COCCNc1cc(-n2ccc3nc(C=O)ccc32)ncc1C#N. The molecule has 1 N–H and O–H groups in total. The van der Waals surface area contributed by atoms with Crippen molar-refractivity contribution in [2.24, 2.45) is 0 Å². The fourth-order valence-electron chi connectivity index (χ4n) is 2.40. The van der Waals surface area contributed by atoms with E-state index in [1.54, 1.807) is 19.2 Å². The molecule has 0 aliphatic rings. The minimum atomic E-state index is 0.384. The van der Waals surface area contributed by atoms with E-state index in [1.165, 1.54) is 6.20 Å². The smallest absolute Gasteiger partial charge is 0.168 e. The Bertz CT molecular complexity index is 926. The van der Waals surface area contributed by atoms with Crippen LogP contribution in [-0.2, 0) is 4.74 Å². The zero-order valence-corrected chi connectivity index (χ0v) is 13.1. The van der Waals surface area contributed by atoms with Gasteiger partial charge in [0, 0.05) is 32.1 Å². The molecular formula is C17H15N5O2. The van der Waals surface area contributed by atoms with Crippen molar-refractivity contribution in [3.8, 4) is 11.9 Å². The van der Waals surface area contributed by atoms with Gasteiger partial charge in [0.05, 0.1) is 28.9 Å². The fourth-order valence-corrected chi connectivity index (χ4v) is 2.40. The number of fused-ring (bicyclic) bond motifs is 1. The summed E-state index contributed by atoms with van der Waals surface area (Å²) in [7, 11) is 1.62. The van der Waals surface area contributed by atoms with Crippen molar-refractivity contribution in [1.82, 2.24) is 14.5 Å². The van der Waals surface area contributed by atoms with E-state index in [1.807, 2.05) is 22.9 Å². The van der Waals surface area contributed by atoms with Crippen LogP contribution < -0.4 is 5.32 Å². The molecule has 7 nitrogen and oxygen atoms in total. The maximum atomic E-state index is 10.8. The quantitative estimate of drug-likeness (QED) is 0.552. The first-order valence-electron chi connectivity index (χ1n) is 7.33. The molecular weight excluding hydrogens is 306 g/mol. The van der Waals surface area contributed by atoms with Crippen molar-refractivity contribution >= 4 is 23.0 Å². The zero-order chi connectivity index (χ0) is 16.9. The van der Waals surface area contributed by atoms with Gasteiger partial charge < -0.3 is 10.1 Å². The summed E-state index contributed by atoms with van der Waals surface area (Å²) in [6.45, 7) is 1.12. The monoisotopic (exact) mass is 321 g/mol. The predicted octanol–water partition coefficient (Wildman–Crippen LogP) is 2.16. The normalized spacial score (nSPS) is 10.5. The van der Waals surface area contributed by atoms with Gasteiger partial charge in [-0.15, -0.1) is 0 Å². The lowest BCUT2D eigenvalue weighted by Gasteiger charge is -2.10. The van der Waals surface area contributed by atoms with E-state index in [-0.39, 0.29) is 0 Å². The van der Waals surface area contributed by atoms with E-state index in [0.717, 1.165) is 5.52 Å². The number of methoxy groups -OCH3 is 1. The van der Waals surface area contributed by atoms with Crippen LogP contribution in [0.1, 0.15) is 16.1 Å². The van der Waals surface area contributed by atoms with Gasteiger partial charge in [0.1, 0.15) is 17.6 Å². The van der Waals surface area contributed by atoms with E-state index in [2.05, 4.69) is 21.4 Å². The second-order valence-electron chi connectivity index (χ2n) is 5.06. The lowest BCUT2D eigenvalue weighted by Crippen LogP contribution is -2.10. The summed E-state index contributed by atoms with van der Waals surface area (Å²) in [6, 6.07) is 9.23. The van der Waals surface area contributed by atoms with E-state index >= 15 is 0 Å². The third kappa shape index (κ3) is 2.95. The zero-order valence-electron chi connectivity index (χ0n) is 13.1. The molecule has 0 fully saturated rings. The molecule has 0 saturated carbocycles. The Balaban J connectivity index is 2.01. The van der Waals surface area contributed by atoms with Crippen molar-refractivity contribution in [3.63, 3.8) is 0 Å². The highest BCUT2D eigenvalue weighted by Gasteiger charge is 2.09. The molecule has 0 spiro atoms. The number of hydrogen-bond donors (Lipinski definition) is 1. The van der Waals surface area contributed by atoms with E-state index < -0.39 is 0 Å². The van der Waals surface area contributed by atoms with E-state index in [9.17, 15) is 10.1 Å². The maximum absolute atomic E-state index is 10.8. The van der Waals surface area contributed by atoms with E-state index in [4.69, 9.17) is 4.74 Å². The lowest BCUT2D eigenvalue weighted by atomic mass is 10.2. The minimum Gasteiger partial charge on any atom is -0.383 e. The summed E-state index contributed by atoms with van der Waals surface area (Å²) in [5.74, 6) is 0.657. The van der Waals surface area contributed by atoms with Crippen LogP contribution in [0.2, 0.25) is 0 Å². The molecule has 7 heteroatoms. The number of carbonyl (C=O) groups is 1. The number of pyridine rings is 2. The summed E-state index contributed by atoms with van der Waals surface area (Å²) in [6.07, 6.45) is 4.08. The number of ether oxygens (including phenoxy) is 1. The van der Waals surface area contributed by atoms with Gasteiger partial charge in [-0.25, -0.2) is 9.97 Å². The van der Waals surface area contributed by atoms with Crippen LogP contribution in [-0.4, -0.2) is 41.1 Å². The van der Waals surface area contributed by atoms with Crippen LogP contribution in [0.15, 0.2) is 36.7 Å². The average Bonchev–Trinajstić information content (AvgIpc) is 3.04. The molecule has 0 saturated heterocycles. The van der Waals surface area contributed by atoms with Gasteiger partial charge in [0.2, 0.25) is 0 Å². The number of nitriles is 1. The van der Waals surface area contributed by atoms with Crippen molar-refractivity contribution in [1.29, 1.82) is 5.26 Å². The molecule has 0 aromatic carbocycles. The highest BCUT2D eigenvalue weighted by molar-refractivity contribution is 5.83. The van der Waals surface area contributed by atoms with Gasteiger partial charge in [-0.05, 0) is 18.2 Å². The second-order valence-corrected chi connectivity index (χ2v) is 5.06. The summed E-state index contributed by atoms with van der Waals surface area (Å²) < 4.78 is 6.88. The molecule has 0 amide bonds. The van der Waals surface area contributed by atoms with Gasteiger partial charge in [-0.3, -0.25) is 9.36 Å². The third-order valence-corrected chi connectivity index (χ3v) is 3.56. The molecule has 0 atom stereocenters. The summed E-state index contributed by atoms with van der Waals surface area (Å²) >= 11 is 0. The summed E-state index contributed by atoms with van der Waals surface area (Å²) in [4.78, 5) is 19.4. The molecule has 3 rings (SSSR count). The number of hydrogen-bond acceptors (Lipinski definition) is 6. The number of aldehydes is 1. The topological polar surface area (TPSA) is 92.8 Å². The van der Waals surface area contributed by atoms with Crippen LogP contribution in [0, 0.1) is 11.3 Å². The van der Waals surface area contributed by atoms with Crippen molar-refractivity contribution in [3.05, 3.63) is 47.9 Å². The third-order valence-electron chi connectivity index (χ3n) is 3.56. The van der Waals surface area contributed by atoms with Crippen LogP contribution in [0.5, 0.6) is 0 Å². The number of anilines is 1. The van der Waals surface area contributed by atoms with Crippen molar-refractivity contribution in [2.75, 3.05) is 25.6 Å². The van der Waals surface area contributed by atoms with Crippen LogP contribution in [0.25, 0.3) is 16.9 Å². The Labute approximate surface area is 138 Å². The minimum absolute atomic E-state index is 0.384. The Kier molecular flexibility index (Phi) is 4.50. The predicted molar refractivity (Wildman–Crippen MR) is 89.3 cm³/mol. The molecule has 0 aliphatic heterocycles. The van der Waals surface area contributed by atoms with E-state index in [0.29, 0.717) is 47.7 Å². The molecule has 0 radical (unpaired) electrons. The largest absolute Gasteiger partial charge is 0.383 e. The Morgan fingerprint density at radius 2 is 2.29 bits per heavy atom. The number of nitrogens with zero attached hydrogens (tertiary/aromatic N) is 4. The van der Waals surface area contributed by atoms with Gasteiger partial charge >= 0.3 is 0 Å². The molecule has 24 heavy (non-hydrogen) atoms. The Hall–Kier alpha value is -3.24. The number of nitrogens with one attached hydrogen (secondary N) is 1. The van der Waals surface area contributed by atoms with Gasteiger partial charge in [-0.2, -0.15) is 5.26 Å². The fraction of sp³-hybridized carbons (Fsp3) is 0.176. The highest BCUT2D eigenvalue weighted by Crippen LogP contribution is 2.22. The molecule has 0 bridgehead atoms. The average molecular weight is 321 g/mol. The van der Waals surface area contributed by atoms with Crippen LogP contribution >= 0.6 is 0 Å². The molecule has 0 unspecified atom stereocenters. The first-order chi connectivity index (χ1) is 11.8. The van der Waals surface area contributed by atoms with Crippen molar-refractivity contribution in [2.45, 2.75) is 0 Å². The van der Waals surface area contributed by atoms with Gasteiger partial charge in [-0.1, -0.05) is 0 Å². The van der Waals surface area contributed by atoms with Crippen molar-refractivity contribution < 1.29 is 9.53 Å². The summed E-state index contributed by atoms with van der Waals surface area (Å²) in [5, 5.41) is 12.4. The molecule has 0 aliphatic carbocycles. The molecule has 3 aromatic heterocycles. The lowest BCUT2D eigenvalue weighted by molar-refractivity contribution is 0.111. The standard InChI is InChI=1S/C17H15N5O2/c1-24-7-5-19-15-8-17(20-10-12(15)9-18)22-6-4-14-16(22)3-2-13(11-23)21-14/h2-4,6,8,10-11H,5,7H2,1H3,(H,19,20). The number of rotatable bonds is 6. The maximum Gasteiger partial charge on any atom is 0.168 e. The molecule has 3 aromatic rings. The molecule has 3 heterocycles. The summed E-state index contributed by atoms with van der Waals surface area (Å²) in [5.41, 5.74) is 3.09. The number of carbonyl (C=O) groups excluding carboxylic acids is 1. The Morgan fingerprint density at radius 1 is 1.42 bits per heavy atom. The van der Waals surface area contributed by atoms with Crippen LogP contribution in [0.3, 0.4) is 0 Å². The highest BCUT2D eigenvalue weighted by atomic mass is 16.5. The Morgan fingerprint density at radius 3 is 3.04 bits per heavy atom. The van der Waals surface area contributed by atoms with Crippen LogP contribution in [0.4, 0.5) is 5.69 Å².